The summed E-state index contributed by atoms with van der Waals surface area (Å²) in [5.74, 6) is -0.255. The molecule has 5 heteroatoms. The molecule has 0 aliphatic rings. The molecule has 82 valence electrons. The smallest absolute Gasteiger partial charge is 0.242 e. The van der Waals surface area contributed by atoms with Gasteiger partial charge in [0.2, 0.25) is 11.8 Å². The van der Waals surface area contributed by atoms with Gasteiger partial charge in [0, 0.05) is 7.05 Å². The molecule has 0 bridgehead atoms. The van der Waals surface area contributed by atoms with E-state index in [9.17, 15) is 9.59 Å². The summed E-state index contributed by atoms with van der Waals surface area (Å²) in [5, 5.41) is 7.90. The fourth-order valence-corrected chi connectivity index (χ4v) is 1.08. The van der Waals surface area contributed by atoms with Gasteiger partial charge in [0.1, 0.15) is 6.04 Å². The molecule has 0 rings (SSSR count). The molecular weight excluding hydrogens is 182 g/mol. The SMILES string of the molecule is CNCC(=O)NC(C(=O)NC)C(C)C. The molecule has 0 heterocycles. The van der Waals surface area contributed by atoms with Crippen LogP contribution in [0.2, 0.25) is 0 Å². The summed E-state index contributed by atoms with van der Waals surface area (Å²) in [6, 6.07) is -0.458. The Balaban J connectivity index is 4.23. The van der Waals surface area contributed by atoms with Crippen molar-refractivity contribution in [2.75, 3.05) is 20.6 Å². The quantitative estimate of drug-likeness (QED) is 0.539. The Bertz CT molecular complexity index is 204. The zero-order valence-electron chi connectivity index (χ0n) is 9.18. The molecule has 2 amide bonds. The minimum absolute atomic E-state index is 0.0794. The summed E-state index contributed by atoms with van der Waals surface area (Å²) >= 11 is 0. The maximum Gasteiger partial charge on any atom is 0.242 e. The van der Waals surface area contributed by atoms with Crippen molar-refractivity contribution in [1.82, 2.24) is 16.0 Å². The van der Waals surface area contributed by atoms with Crippen molar-refractivity contribution in [3.05, 3.63) is 0 Å². The van der Waals surface area contributed by atoms with Crippen molar-refractivity contribution in [2.45, 2.75) is 19.9 Å². The third-order valence-electron chi connectivity index (χ3n) is 1.85. The number of hydrogen-bond acceptors (Lipinski definition) is 3. The van der Waals surface area contributed by atoms with E-state index in [-0.39, 0.29) is 24.3 Å². The van der Waals surface area contributed by atoms with Crippen LogP contribution in [0.3, 0.4) is 0 Å². The summed E-state index contributed by atoms with van der Waals surface area (Å²) in [6.45, 7) is 4.00. The first-order chi connectivity index (χ1) is 6.52. The molecule has 0 spiro atoms. The topological polar surface area (TPSA) is 70.2 Å². The maximum atomic E-state index is 11.3. The average Bonchev–Trinajstić information content (AvgIpc) is 2.13. The van der Waals surface area contributed by atoms with E-state index in [0.29, 0.717) is 0 Å². The van der Waals surface area contributed by atoms with E-state index >= 15 is 0 Å². The number of hydrogen-bond donors (Lipinski definition) is 3. The van der Waals surface area contributed by atoms with Crippen molar-refractivity contribution < 1.29 is 9.59 Å². The van der Waals surface area contributed by atoms with Gasteiger partial charge in [-0.1, -0.05) is 13.8 Å². The molecule has 0 fully saturated rings. The van der Waals surface area contributed by atoms with Crippen molar-refractivity contribution >= 4 is 11.8 Å². The Morgan fingerprint density at radius 3 is 2.14 bits per heavy atom. The lowest BCUT2D eigenvalue weighted by atomic mass is 10.0. The van der Waals surface area contributed by atoms with E-state index in [4.69, 9.17) is 0 Å². The fourth-order valence-electron chi connectivity index (χ4n) is 1.08. The van der Waals surface area contributed by atoms with Gasteiger partial charge in [-0.3, -0.25) is 9.59 Å². The van der Waals surface area contributed by atoms with Crippen LogP contribution in [0.1, 0.15) is 13.8 Å². The Kier molecular flexibility index (Phi) is 5.87. The van der Waals surface area contributed by atoms with Crippen molar-refractivity contribution in [2.24, 2.45) is 5.92 Å². The molecule has 14 heavy (non-hydrogen) atoms. The lowest BCUT2D eigenvalue weighted by Gasteiger charge is -2.20. The first-order valence-corrected chi connectivity index (χ1v) is 4.68. The molecule has 3 N–H and O–H groups in total. The average molecular weight is 201 g/mol. The van der Waals surface area contributed by atoms with Crippen LogP contribution in [0, 0.1) is 5.92 Å². The normalized spacial score (nSPS) is 12.4. The Hall–Kier alpha value is -1.10. The predicted octanol–water partition coefficient (Wildman–Crippen LogP) is -0.907. The molecule has 5 nitrogen and oxygen atoms in total. The van der Waals surface area contributed by atoms with Crippen molar-refractivity contribution in [1.29, 1.82) is 0 Å². The van der Waals surface area contributed by atoms with E-state index < -0.39 is 6.04 Å². The molecule has 0 aromatic heterocycles. The number of amides is 2. The minimum atomic E-state index is -0.458. The van der Waals surface area contributed by atoms with Gasteiger partial charge in [0.25, 0.3) is 0 Å². The lowest BCUT2D eigenvalue weighted by Crippen LogP contribution is -2.50. The second-order valence-electron chi connectivity index (χ2n) is 3.43. The largest absolute Gasteiger partial charge is 0.357 e. The van der Waals surface area contributed by atoms with Crippen LogP contribution in [0.4, 0.5) is 0 Å². The van der Waals surface area contributed by atoms with Crippen LogP contribution in [0.25, 0.3) is 0 Å². The predicted molar refractivity (Wildman–Crippen MR) is 54.8 cm³/mol. The monoisotopic (exact) mass is 201 g/mol. The molecule has 0 aromatic carbocycles. The third-order valence-corrected chi connectivity index (χ3v) is 1.85. The first-order valence-electron chi connectivity index (χ1n) is 4.68. The van der Waals surface area contributed by atoms with E-state index in [0.717, 1.165) is 0 Å². The Morgan fingerprint density at radius 1 is 1.21 bits per heavy atom. The van der Waals surface area contributed by atoms with Crippen LogP contribution in [0.15, 0.2) is 0 Å². The van der Waals surface area contributed by atoms with Gasteiger partial charge < -0.3 is 16.0 Å². The van der Waals surface area contributed by atoms with E-state index in [1.807, 2.05) is 13.8 Å². The molecule has 1 unspecified atom stereocenters. The van der Waals surface area contributed by atoms with Crippen LogP contribution >= 0.6 is 0 Å². The highest BCUT2D eigenvalue weighted by atomic mass is 16.2. The molecule has 0 aliphatic carbocycles. The highest BCUT2D eigenvalue weighted by Crippen LogP contribution is 2.00. The van der Waals surface area contributed by atoms with Gasteiger partial charge >= 0.3 is 0 Å². The van der Waals surface area contributed by atoms with Crippen LogP contribution in [-0.4, -0.2) is 38.5 Å². The fraction of sp³-hybridized carbons (Fsp3) is 0.778. The zero-order valence-corrected chi connectivity index (χ0v) is 9.18. The summed E-state index contributed by atoms with van der Waals surface area (Å²) in [6.07, 6.45) is 0. The zero-order chi connectivity index (χ0) is 11.1. The standard InChI is InChI=1S/C9H19N3O2/c1-6(2)8(9(14)11-4)12-7(13)5-10-3/h6,8,10H,5H2,1-4H3,(H,11,14)(H,12,13). The molecule has 1 atom stereocenters. The van der Waals surface area contributed by atoms with Gasteiger partial charge in [-0.15, -0.1) is 0 Å². The summed E-state index contributed by atoms with van der Waals surface area (Å²) in [5.41, 5.74) is 0. The molecular formula is C9H19N3O2. The van der Waals surface area contributed by atoms with Crippen LogP contribution < -0.4 is 16.0 Å². The molecule has 0 aromatic rings. The third kappa shape index (κ3) is 4.23. The highest BCUT2D eigenvalue weighted by Gasteiger charge is 2.22. The minimum Gasteiger partial charge on any atom is -0.357 e. The lowest BCUT2D eigenvalue weighted by molar-refractivity contribution is -0.129. The summed E-state index contributed by atoms with van der Waals surface area (Å²) in [7, 11) is 3.24. The second kappa shape index (κ2) is 6.37. The van der Waals surface area contributed by atoms with Crippen molar-refractivity contribution in [3.8, 4) is 0 Å². The van der Waals surface area contributed by atoms with Gasteiger partial charge in [-0.05, 0) is 13.0 Å². The van der Waals surface area contributed by atoms with E-state index in [1.165, 1.54) is 0 Å². The first kappa shape index (κ1) is 12.9. The molecule has 0 aliphatic heterocycles. The molecule has 0 saturated heterocycles. The number of rotatable bonds is 5. The number of nitrogens with one attached hydrogen (secondary N) is 3. The van der Waals surface area contributed by atoms with E-state index in [1.54, 1.807) is 14.1 Å². The molecule has 0 radical (unpaired) electrons. The Morgan fingerprint density at radius 2 is 1.79 bits per heavy atom. The van der Waals surface area contributed by atoms with Crippen molar-refractivity contribution in [3.63, 3.8) is 0 Å². The maximum absolute atomic E-state index is 11.3. The number of carbonyl (C=O) groups excluding carboxylic acids is 2. The second-order valence-corrected chi connectivity index (χ2v) is 3.43. The number of carbonyl (C=O) groups is 2. The highest BCUT2D eigenvalue weighted by molar-refractivity contribution is 5.88. The van der Waals surface area contributed by atoms with Gasteiger partial charge in [0.15, 0.2) is 0 Å². The van der Waals surface area contributed by atoms with Crippen LogP contribution in [0.5, 0.6) is 0 Å². The Labute approximate surface area is 84.6 Å². The van der Waals surface area contributed by atoms with Gasteiger partial charge in [0.05, 0.1) is 6.54 Å². The number of likely N-dealkylation sites (N-methyl/N-ethyl adjacent to an activating group) is 2. The summed E-state index contributed by atoms with van der Waals surface area (Å²) in [4.78, 5) is 22.6. The van der Waals surface area contributed by atoms with E-state index in [2.05, 4.69) is 16.0 Å². The van der Waals surface area contributed by atoms with Gasteiger partial charge in [-0.2, -0.15) is 0 Å². The summed E-state index contributed by atoms with van der Waals surface area (Å²) < 4.78 is 0. The van der Waals surface area contributed by atoms with Gasteiger partial charge in [-0.25, -0.2) is 0 Å². The molecule has 0 saturated carbocycles. The van der Waals surface area contributed by atoms with Crippen LogP contribution in [-0.2, 0) is 9.59 Å².